The molecule has 0 amide bonds. The van der Waals surface area contributed by atoms with E-state index in [-0.39, 0.29) is 44.5 Å². The van der Waals surface area contributed by atoms with Crippen molar-refractivity contribution in [1.29, 1.82) is 0 Å². The third-order valence-electron chi connectivity index (χ3n) is 5.49. The zero-order valence-corrected chi connectivity index (χ0v) is 23.0. The van der Waals surface area contributed by atoms with E-state index in [0.717, 1.165) is 6.07 Å². The van der Waals surface area contributed by atoms with Crippen LogP contribution in [0.3, 0.4) is 0 Å². The number of rotatable bonds is 10. The molecule has 0 bridgehead atoms. The third kappa shape index (κ3) is 6.66. The predicted molar refractivity (Wildman–Crippen MR) is 146 cm³/mol. The van der Waals surface area contributed by atoms with E-state index in [4.69, 9.17) is 16.2 Å². The Bertz CT molecular complexity index is 1720. The van der Waals surface area contributed by atoms with E-state index < -0.39 is 48.8 Å². The number of anilines is 2. The molecule has 212 valence electrons. The van der Waals surface area contributed by atoms with Crippen LogP contribution in [0.15, 0.2) is 78.8 Å². The van der Waals surface area contributed by atoms with Gasteiger partial charge in [0.2, 0.25) is 0 Å². The number of carbonyl (C=O) groups is 1. The molecule has 3 aromatic carbocycles. The van der Waals surface area contributed by atoms with Gasteiger partial charge in [0.1, 0.15) is 22.0 Å². The highest BCUT2D eigenvalue weighted by molar-refractivity contribution is 7.91. The Balaban J connectivity index is 2.19. The molecule has 16 heteroatoms. The zero-order valence-electron chi connectivity index (χ0n) is 21.3. The van der Waals surface area contributed by atoms with E-state index in [0.29, 0.717) is 6.42 Å². The van der Waals surface area contributed by atoms with Crippen molar-refractivity contribution >= 4 is 60.0 Å². The van der Waals surface area contributed by atoms with Crippen molar-refractivity contribution in [3.05, 3.63) is 59.7 Å². The molecule has 40 heavy (non-hydrogen) atoms. The summed E-state index contributed by atoms with van der Waals surface area (Å²) in [6.07, 6.45) is 0.373. The normalized spacial score (nSPS) is 12.3. The SMILES string of the molecule is CCCS(=O)(=O)c1ccc(CO)c(/N=N/c2c(N)c(/N=N/c3ccccc3C(=O)OC)cc(S(=O)(=O)O)c2N)c1. The minimum atomic E-state index is -4.91. The average Bonchev–Trinajstić information content (AvgIpc) is 2.91. The lowest BCUT2D eigenvalue weighted by Gasteiger charge is -2.11. The van der Waals surface area contributed by atoms with Crippen LogP contribution in [0.1, 0.15) is 29.3 Å². The summed E-state index contributed by atoms with van der Waals surface area (Å²) in [7, 11) is -7.37. The van der Waals surface area contributed by atoms with Gasteiger partial charge in [-0.05, 0) is 36.8 Å². The van der Waals surface area contributed by atoms with E-state index in [9.17, 15) is 31.3 Å². The molecule has 0 saturated heterocycles. The van der Waals surface area contributed by atoms with Gasteiger partial charge in [-0.25, -0.2) is 13.2 Å². The van der Waals surface area contributed by atoms with Crippen LogP contribution in [-0.4, -0.2) is 45.3 Å². The van der Waals surface area contributed by atoms with Crippen LogP contribution < -0.4 is 11.5 Å². The summed E-state index contributed by atoms with van der Waals surface area (Å²) in [4.78, 5) is 11.2. The first-order chi connectivity index (χ1) is 18.8. The number of nitrogens with two attached hydrogens (primary N) is 2. The molecule has 0 spiro atoms. The Morgan fingerprint density at radius 2 is 1.55 bits per heavy atom. The monoisotopic (exact) mass is 590 g/mol. The van der Waals surface area contributed by atoms with Crippen molar-refractivity contribution in [1.82, 2.24) is 0 Å². The van der Waals surface area contributed by atoms with Crippen molar-refractivity contribution in [2.24, 2.45) is 20.5 Å². The molecular formula is C24H26N6O8S2. The van der Waals surface area contributed by atoms with Gasteiger partial charge in [0.25, 0.3) is 10.1 Å². The molecule has 14 nitrogen and oxygen atoms in total. The van der Waals surface area contributed by atoms with Gasteiger partial charge < -0.3 is 21.3 Å². The molecule has 0 aliphatic rings. The molecule has 0 aliphatic carbocycles. The predicted octanol–water partition coefficient (Wildman–Crippen LogP) is 4.39. The summed E-state index contributed by atoms with van der Waals surface area (Å²) in [6.45, 7) is 1.19. The minimum Gasteiger partial charge on any atom is -0.465 e. The summed E-state index contributed by atoms with van der Waals surface area (Å²) >= 11 is 0. The van der Waals surface area contributed by atoms with Gasteiger partial charge in [0.15, 0.2) is 9.84 Å². The summed E-state index contributed by atoms with van der Waals surface area (Å²) in [6, 6.07) is 10.8. The lowest BCUT2D eigenvalue weighted by atomic mass is 10.2. The standard InChI is InChI=1S/C24H26N6O8S2/c1-3-10-39(33,34)15-9-8-14(13-31)18(11-15)28-30-23-21(25)19(12-20(22(23)26)40(35,36)37)29-27-17-7-5-4-6-16(17)24(32)38-2/h4-9,11-12,31H,3,10,13,25-26H2,1-2H3,(H,35,36,37)/b29-27+,30-28+. The zero-order chi connectivity index (χ0) is 29.7. The maximum Gasteiger partial charge on any atom is 0.340 e. The van der Waals surface area contributed by atoms with E-state index in [2.05, 4.69) is 20.5 Å². The van der Waals surface area contributed by atoms with Crippen molar-refractivity contribution in [2.45, 2.75) is 29.7 Å². The Morgan fingerprint density at radius 3 is 2.17 bits per heavy atom. The Morgan fingerprint density at radius 1 is 0.900 bits per heavy atom. The van der Waals surface area contributed by atoms with Crippen molar-refractivity contribution < 1.29 is 36.0 Å². The molecule has 0 saturated carbocycles. The Labute approximate surface area is 230 Å². The summed E-state index contributed by atoms with van der Waals surface area (Å²) in [5.41, 5.74) is 10.8. The third-order valence-corrected chi connectivity index (χ3v) is 8.30. The van der Waals surface area contributed by atoms with Crippen LogP contribution in [0.2, 0.25) is 0 Å². The average molecular weight is 591 g/mol. The highest BCUT2D eigenvalue weighted by Gasteiger charge is 2.23. The van der Waals surface area contributed by atoms with Crippen LogP contribution in [0.5, 0.6) is 0 Å². The van der Waals surface area contributed by atoms with Crippen LogP contribution in [-0.2, 0) is 31.3 Å². The van der Waals surface area contributed by atoms with Gasteiger partial charge in [-0.2, -0.15) is 8.42 Å². The van der Waals surface area contributed by atoms with Gasteiger partial charge in [-0.15, -0.1) is 20.5 Å². The number of esters is 1. The van der Waals surface area contributed by atoms with E-state index >= 15 is 0 Å². The largest absolute Gasteiger partial charge is 0.465 e. The maximum atomic E-state index is 12.5. The number of hydrogen-bond acceptors (Lipinski definition) is 13. The molecular weight excluding hydrogens is 564 g/mol. The van der Waals surface area contributed by atoms with Crippen molar-refractivity contribution in [3.8, 4) is 0 Å². The first-order valence-corrected chi connectivity index (χ1v) is 14.6. The fraction of sp³-hybridized carbons (Fsp3) is 0.208. The fourth-order valence-electron chi connectivity index (χ4n) is 3.47. The number of aliphatic hydroxyl groups excluding tert-OH is 1. The highest BCUT2D eigenvalue weighted by Crippen LogP contribution is 2.43. The van der Waals surface area contributed by atoms with E-state index in [1.54, 1.807) is 19.1 Å². The first-order valence-electron chi connectivity index (χ1n) is 11.5. The minimum absolute atomic E-state index is 0.0501. The van der Waals surface area contributed by atoms with Crippen LogP contribution in [0, 0.1) is 0 Å². The van der Waals surface area contributed by atoms with Gasteiger partial charge in [0.05, 0.1) is 47.0 Å². The molecule has 3 aromatic rings. The molecule has 0 heterocycles. The smallest absolute Gasteiger partial charge is 0.340 e. The number of nitrogens with zero attached hydrogens (tertiary/aromatic N) is 4. The van der Waals surface area contributed by atoms with Gasteiger partial charge in [0, 0.05) is 5.56 Å². The number of azo groups is 2. The van der Waals surface area contributed by atoms with Gasteiger partial charge in [-0.3, -0.25) is 4.55 Å². The van der Waals surface area contributed by atoms with Crippen LogP contribution in [0.4, 0.5) is 34.1 Å². The maximum absolute atomic E-state index is 12.5. The second-order valence-corrected chi connectivity index (χ2v) is 11.7. The molecule has 0 unspecified atom stereocenters. The number of ether oxygens (including phenoxy) is 1. The number of methoxy groups -OCH3 is 1. The number of sulfone groups is 1. The molecule has 0 atom stereocenters. The number of carbonyl (C=O) groups excluding carboxylic acids is 1. The Kier molecular flexibility index (Phi) is 9.31. The fourth-order valence-corrected chi connectivity index (χ4v) is 5.45. The number of aliphatic hydroxyl groups is 1. The lowest BCUT2D eigenvalue weighted by Crippen LogP contribution is -2.06. The topological polar surface area (TPSA) is 237 Å². The second kappa shape index (κ2) is 12.3. The highest BCUT2D eigenvalue weighted by atomic mass is 32.2. The number of hydrogen-bond donors (Lipinski definition) is 4. The van der Waals surface area contributed by atoms with Crippen molar-refractivity contribution in [3.63, 3.8) is 0 Å². The Hall–Kier alpha value is -4.25. The molecule has 6 N–H and O–H groups in total. The summed E-state index contributed by atoms with van der Waals surface area (Å²) in [5, 5.41) is 25.5. The second-order valence-electron chi connectivity index (χ2n) is 8.22. The summed E-state index contributed by atoms with van der Waals surface area (Å²) in [5.74, 6) is -0.818. The van der Waals surface area contributed by atoms with Crippen molar-refractivity contribution in [2.75, 3.05) is 24.3 Å². The summed E-state index contributed by atoms with van der Waals surface area (Å²) < 4.78 is 63.6. The molecule has 3 rings (SSSR count). The van der Waals surface area contributed by atoms with Gasteiger partial charge in [-0.1, -0.05) is 25.1 Å². The lowest BCUT2D eigenvalue weighted by molar-refractivity contribution is 0.0601. The molecule has 0 aliphatic heterocycles. The molecule has 0 aromatic heterocycles. The molecule has 0 radical (unpaired) electrons. The molecule has 0 fully saturated rings. The van der Waals surface area contributed by atoms with Gasteiger partial charge >= 0.3 is 5.97 Å². The van der Waals surface area contributed by atoms with E-state index in [1.165, 1.54) is 37.4 Å². The quantitative estimate of drug-likeness (QED) is 0.112. The number of benzene rings is 3. The first kappa shape index (κ1) is 30.3. The van der Waals surface area contributed by atoms with E-state index in [1.807, 2.05) is 0 Å². The van der Waals surface area contributed by atoms with Crippen LogP contribution >= 0.6 is 0 Å². The number of nitrogen functional groups attached to an aromatic ring is 2. The van der Waals surface area contributed by atoms with Crippen LogP contribution in [0.25, 0.3) is 0 Å².